The number of hydrogen-bond acceptors (Lipinski definition) is 4. The van der Waals surface area contributed by atoms with Gasteiger partial charge in [-0.25, -0.2) is 9.97 Å². The minimum Gasteiger partial charge on any atom is -0.298 e. The van der Waals surface area contributed by atoms with E-state index >= 15 is 0 Å². The maximum absolute atomic E-state index is 11.2. The number of aryl methyl sites for hydroxylation is 1. The van der Waals surface area contributed by atoms with E-state index < -0.39 is 0 Å². The number of carbonyl (C=O) groups excluding carboxylic acids is 1. The van der Waals surface area contributed by atoms with Gasteiger partial charge in [0.15, 0.2) is 6.29 Å². The van der Waals surface area contributed by atoms with Crippen LogP contribution in [-0.2, 0) is 0 Å². The number of fused-ring (bicyclic) bond motifs is 1. The number of benzene rings is 1. The molecule has 0 saturated carbocycles. The van der Waals surface area contributed by atoms with Crippen LogP contribution in [0.1, 0.15) is 16.2 Å². The Bertz CT molecular complexity index is 817. The number of carbonyl (C=O) groups is 1. The number of aldehydes is 1. The summed E-state index contributed by atoms with van der Waals surface area (Å²) in [6.45, 7) is 1.74. The second-order valence-electron chi connectivity index (χ2n) is 4.35. The standard InChI is InChI=1S/C15H10ClN3O/c1-9-18-14(12(8-20)15(16)19-9)11-4-5-13-10(7-11)3-2-6-17-13/h2-8H,1H3. The number of nitrogens with zero attached hydrogens (tertiary/aromatic N) is 3. The average Bonchev–Trinajstić information content (AvgIpc) is 2.46. The van der Waals surface area contributed by atoms with Crippen LogP contribution in [0.15, 0.2) is 36.5 Å². The highest BCUT2D eigenvalue weighted by molar-refractivity contribution is 6.32. The second-order valence-corrected chi connectivity index (χ2v) is 4.71. The Morgan fingerprint density at radius 1 is 1.20 bits per heavy atom. The molecule has 4 nitrogen and oxygen atoms in total. The molecule has 0 spiro atoms. The van der Waals surface area contributed by atoms with Gasteiger partial charge in [-0.2, -0.15) is 0 Å². The molecule has 0 radical (unpaired) electrons. The van der Waals surface area contributed by atoms with E-state index in [2.05, 4.69) is 15.0 Å². The molecule has 98 valence electrons. The van der Waals surface area contributed by atoms with Crippen LogP contribution in [0.5, 0.6) is 0 Å². The third-order valence-corrected chi connectivity index (χ3v) is 3.29. The van der Waals surface area contributed by atoms with Gasteiger partial charge in [-0.05, 0) is 25.1 Å². The number of halogens is 1. The summed E-state index contributed by atoms with van der Waals surface area (Å²) in [7, 11) is 0. The van der Waals surface area contributed by atoms with Crippen molar-refractivity contribution >= 4 is 28.8 Å². The molecule has 3 rings (SSSR count). The maximum Gasteiger partial charge on any atom is 0.155 e. The lowest BCUT2D eigenvalue weighted by Crippen LogP contribution is -1.99. The summed E-state index contributed by atoms with van der Waals surface area (Å²) in [6, 6.07) is 9.53. The SMILES string of the molecule is Cc1nc(Cl)c(C=O)c(-c2ccc3ncccc3c2)n1. The van der Waals surface area contributed by atoms with Crippen molar-refractivity contribution in [2.24, 2.45) is 0 Å². The van der Waals surface area contributed by atoms with Gasteiger partial charge >= 0.3 is 0 Å². The molecule has 0 bridgehead atoms. The smallest absolute Gasteiger partial charge is 0.155 e. The summed E-state index contributed by atoms with van der Waals surface area (Å²) in [5.41, 5.74) is 2.56. The highest BCUT2D eigenvalue weighted by Crippen LogP contribution is 2.27. The molecule has 0 aliphatic carbocycles. The first kappa shape index (κ1) is 12.7. The van der Waals surface area contributed by atoms with Crippen molar-refractivity contribution in [3.8, 4) is 11.3 Å². The van der Waals surface area contributed by atoms with Crippen molar-refractivity contribution in [3.63, 3.8) is 0 Å². The van der Waals surface area contributed by atoms with Crippen LogP contribution in [0.25, 0.3) is 22.2 Å². The Balaban J connectivity index is 2.27. The van der Waals surface area contributed by atoms with Crippen LogP contribution in [-0.4, -0.2) is 21.2 Å². The summed E-state index contributed by atoms with van der Waals surface area (Å²) < 4.78 is 0. The summed E-state index contributed by atoms with van der Waals surface area (Å²) in [5, 5.41) is 1.16. The van der Waals surface area contributed by atoms with Crippen molar-refractivity contribution in [2.75, 3.05) is 0 Å². The van der Waals surface area contributed by atoms with Crippen LogP contribution >= 0.6 is 11.6 Å². The van der Waals surface area contributed by atoms with E-state index in [-0.39, 0.29) is 5.15 Å². The van der Waals surface area contributed by atoms with Gasteiger partial charge in [0.25, 0.3) is 0 Å². The lowest BCUT2D eigenvalue weighted by Gasteiger charge is -2.07. The summed E-state index contributed by atoms with van der Waals surface area (Å²) in [5.74, 6) is 0.530. The molecule has 5 heteroatoms. The molecule has 0 saturated heterocycles. The van der Waals surface area contributed by atoms with Crippen molar-refractivity contribution < 1.29 is 4.79 Å². The van der Waals surface area contributed by atoms with Gasteiger partial charge in [0.2, 0.25) is 0 Å². The van der Waals surface area contributed by atoms with Gasteiger partial charge in [-0.1, -0.05) is 23.7 Å². The molecule has 0 amide bonds. The Hall–Kier alpha value is -2.33. The van der Waals surface area contributed by atoms with E-state index in [1.807, 2.05) is 30.3 Å². The van der Waals surface area contributed by atoms with E-state index in [0.717, 1.165) is 16.5 Å². The van der Waals surface area contributed by atoms with Gasteiger partial charge in [0, 0.05) is 17.1 Å². The van der Waals surface area contributed by atoms with Gasteiger partial charge in [0.1, 0.15) is 11.0 Å². The molecule has 3 aromatic rings. The number of hydrogen-bond donors (Lipinski definition) is 0. The lowest BCUT2D eigenvalue weighted by molar-refractivity contribution is 0.112. The molecular weight excluding hydrogens is 274 g/mol. The molecular formula is C15H10ClN3O. The largest absolute Gasteiger partial charge is 0.298 e. The number of pyridine rings is 1. The number of rotatable bonds is 2. The first-order valence-corrected chi connectivity index (χ1v) is 6.41. The molecule has 2 heterocycles. The molecule has 2 aromatic heterocycles. The van der Waals surface area contributed by atoms with Gasteiger partial charge < -0.3 is 0 Å². The normalized spacial score (nSPS) is 10.7. The molecule has 20 heavy (non-hydrogen) atoms. The van der Waals surface area contributed by atoms with E-state index in [1.165, 1.54) is 0 Å². The Kier molecular flexibility index (Phi) is 3.16. The number of aromatic nitrogens is 3. The fourth-order valence-electron chi connectivity index (χ4n) is 2.09. The van der Waals surface area contributed by atoms with E-state index in [4.69, 9.17) is 11.6 Å². The van der Waals surface area contributed by atoms with Crippen LogP contribution in [0.4, 0.5) is 0 Å². The lowest BCUT2D eigenvalue weighted by atomic mass is 10.0. The Morgan fingerprint density at radius 2 is 2.05 bits per heavy atom. The van der Waals surface area contributed by atoms with E-state index in [1.54, 1.807) is 13.1 Å². The molecule has 0 atom stereocenters. The summed E-state index contributed by atoms with van der Waals surface area (Å²) >= 11 is 6.01. The van der Waals surface area contributed by atoms with Crippen molar-refractivity contribution in [2.45, 2.75) is 6.92 Å². The second kappa shape index (κ2) is 4.98. The fraction of sp³-hybridized carbons (Fsp3) is 0.0667. The van der Waals surface area contributed by atoms with Crippen LogP contribution in [0, 0.1) is 6.92 Å². The molecule has 0 N–H and O–H groups in total. The van der Waals surface area contributed by atoms with Crippen LogP contribution < -0.4 is 0 Å². The topological polar surface area (TPSA) is 55.7 Å². The molecule has 0 unspecified atom stereocenters. The van der Waals surface area contributed by atoms with Crippen molar-refractivity contribution in [3.05, 3.63) is 53.1 Å². The summed E-state index contributed by atoms with van der Waals surface area (Å²) in [4.78, 5) is 23.8. The maximum atomic E-state index is 11.2. The molecule has 0 aliphatic rings. The first-order valence-electron chi connectivity index (χ1n) is 6.03. The van der Waals surface area contributed by atoms with Crippen molar-refractivity contribution in [1.82, 2.24) is 15.0 Å². The zero-order valence-corrected chi connectivity index (χ0v) is 11.4. The average molecular weight is 284 g/mol. The van der Waals surface area contributed by atoms with Gasteiger partial charge in [0.05, 0.1) is 16.8 Å². The van der Waals surface area contributed by atoms with Gasteiger partial charge in [-0.3, -0.25) is 9.78 Å². The predicted molar refractivity (Wildman–Crippen MR) is 77.9 cm³/mol. The molecule has 1 aromatic carbocycles. The zero-order valence-electron chi connectivity index (χ0n) is 10.7. The van der Waals surface area contributed by atoms with Crippen LogP contribution in [0.3, 0.4) is 0 Å². The minimum atomic E-state index is 0.175. The minimum absolute atomic E-state index is 0.175. The third kappa shape index (κ3) is 2.14. The van der Waals surface area contributed by atoms with E-state index in [9.17, 15) is 4.79 Å². The van der Waals surface area contributed by atoms with Crippen LogP contribution in [0.2, 0.25) is 5.15 Å². The predicted octanol–water partition coefficient (Wildman–Crippen LogP) is 3.47. The third-order valence-electron chi connectivity index (χ3n) is 3.01. The molecule has 0 aliphatic heterocycles. The zero-order chi connectivity index (χ0) is 14.1. The fourth-order valence-corrected chi connectivity index (χ4v) is 2.35. The first-order chi connectivity index (χ1) is 9.69. The quantitative estimate of drug-likeness (QED) is 0.534. The highest BCUT2D eigenvalue weighted by Gasteiger charge is 2.13. The monoisotopic (exact) mass is 283 g/mol. The molecule has 0 fully saturated rings. The van der Waals surface area contributed by atoms with E-state index in [0.29, 0.717) is 23.4 Å². The Morgan fingerprint density at radius 3 is 2.85 bits per heavy atom. The van der Waals surface area contributed by atoms with Gasteiger partial charge in [-0.15, -0.1) is 0 Å². The highest BCUT2D eigenvalue weighted by atomic mass is 35.5. The van der Waals surface area contributed by atoms with Crippen molar-refractivity contribution in [1.29, 1.82) is 0 Å². The summed E-state index contributed by atoms with van der Waals surface area (Å²) in [6.07, 6.45) is 2.43. The Labute approximate surface area is 120 Å².